The van der Waals surface area contributed by atoms with Crippen LogP contribution >= 0.6 is 0 Å². The van der Waals surface area contributed by atoms with E-state index in [1.54, 1.807) is 12.3 Å². The molecule has 100 valence electrons. The van der Waals surface area contributed by atoms with Crippen LogP contribution in [-0.4, -0.2) is 31.2 Å². The van der Waals surface area contributed by atoms with E-state index in [1.165, 1.54) is 0 Å². The molecule has 1 heterocycles. The summed E-state index contributed by atoms with van der Waals surface area (Å²) in [6.07, 6.45) is 3.80. The fourth-order valence-electron chi connectivity index (χ4n) is 1.73. The zero-order valence-corrected chi connectivity index (χ0v) is 10.6. The highest BCUT2D eigenvalue weighted by Crippen LogP contribution is 2.37. The Hall–Kier alpha value is -1.54. The minimum absolute atomic E-state index is 0.00653. The van der Waals surface area contributed by atoms with Gasteiger partial charge in [0.15, 0.2) is 0 Å². The third-order valence-corrected chi connectivity index (χ3v) is 3.49. The van der Waals surface area contributed by atoms with Gasteiger partial charge in [0, 0.05) is 18.8 Å². The van der Waals surface area contributed by atoms with Crippen molar-refractivity contribution in [2.75, 3.05) is 18.0 Å². The van der Waals surface area contributed by atoms with Gasteiger partial charge < -0.3 is 15.6 Å². The number of amides is 1. The Kier molecular flexibility index (Phi) is 3.31. The van der Waals surface area contributed by atoms with E-state index in [9.17, 15) is 13.2 Å². The van der Waals surface area contributed by atoms with E-state index < -0.39 is 10.0 Å². The summed E-state index contributed by atoms with van der Waals surface area (Å²) in [5, 5.41) is 7.37. The van der Waals surface area contributed by atoms with Crippen LogP contribution in [0.5, 0.6) is 0 Å². The van der Waals surface area contributed by atoms with E-state index in [2.05, 4.69) is 5.32 Å². The first-order chi connectivity index (χ1) is 8.37. The Morgan fingerprint density at radius 3 is 2.72 bits per heavy atom. The molecule has 0 radical (unpaired) electrons. The van der Waals surface area contributed by atoms with Crippen LogP contribution < -0.4 is 16.2 Å². The molecule has 5 N–H and O–H groups in total. The van der Waals surface area contributed by atoms with Gasteiger partial charge in [0.25, 0.3) is 5.91 Å². The predicted molar refractivity (Wildman–Crippen MR) is 67.4 cm³/mol. The monoisotopic (exact) mass is 272 g/mol. The van der Waals surface area contributed by atoms with Crippen LogP contribution in [-0.2, 0) is 10.0 Å². The normalized spacial score (nSPS) is 15.6. The van der Waals surface area contributed by atoms with Crippen molar-refractivity contribution >= 4 is 21.6 Å². The number of rotatable bonds is 5. The molecule has 0 saturated heterocycles. The molecule has 0 aromatic carbocycles. The first kappa shape index (κ1) is 12.9. The fourth-order valence-corrected chi connectivity index (χ4v) is 2.12. The number of anilines is 1. The smallest absolute Gasteiger partial charge is 0.268 e. The van der Waals surface area contributed by atoms with E-state index in [0.29, 0.717) is 17.4 Å². The van der Waals surface area contributed by atoms with Crippen LogP contribution in [0, 0.1) is 0 Å². The van der Waals surface area contributed by atoms with Crippen molar-refractivity contribution in [3.8, 4) is 0 Å². The molecular formula is C10H16N4O3S. The maximum Gasteiger partial charge on any atom is 0.268 e. The van der Waals surface area contributed by atoms with Gasteiger partial charge in [0.05, 0.1) is 11.4 Å². The van der Waals surface area contributed by atoms with Crippen molar-refractivity contribution in [2.45, 2.75) is 18.9 Å². The molecule has 0 spiro atoms. The minimum atomic E-state index is -3.56. The average molecular weight is 272 g/mol. The van der Waals surface area contributed by atoms with E-state index in [1.807, 2.05) is 4.57 Å². The Balaban J connectivity index is 2.00. The van der Waals surface area contributed by atoms with Gasteiger partial charge in [-0.05, 0) is 18.9 Å². The first-order valence-corrected chi connectivity index (χ1v) is 7.34. The number of aromatic nitrogens is 1. The lowest BCUT2D eigenvalue weighted by molar-refractivity contribution is 0.0946. The second kappa shape index (κ2) is 4.62. The maximum atomic E-state index is 11.9. The van der Waals surface area contributed by atoms with Crippen LogP contribution in [0.1, 0.15) is 29.4 Å². The number of nitrogens with one attached hydrogen (secondary N) is 1. The van der Waals surface area contributed by atoms with Gasteiger partial charge in [-0.25, -0.2) is 13.6 Å². The third kappa shape index (κ3) is 3.23. The number of carbonyl (C=O) groups excluding carboxylic acids is 1. The summed E-state index contributed by atoms with van der Waals surface area (Å²) in [6.45, 7) is -0.00653. The standard InChI is InChI=1S/C10H16N4O3S/c11-7-5-9(14(6-7)8-1-2-8)10(15)13-3-4-18(12,16)17/h5-6,8H,1-4,11H2,(H,13,15)(H2,12,16,17). The molecule has 1 aliphatic rings. The summed E-state index contributed by atoms with van der Waals surface area (Å²) >= 11 is 0. The Bertz CT molecular complexity index is 560. The van der Waals surface area contributed by atoms with Crippen LogP contribution in [0.4, 0.5) is 5.69 Å². The zero-order chi connectivity index (χ0) is 13.3. The molecule has 8 heteroatoms. The highest BCUT2D eigenvalue weighted by atomic mass is 32.2. The van der Waals surface area contributed by atoms with Crippen molar-refractivity contribution < 1.29 is 13.2 Å². The van der Waals surface area contributed by atoms with Crippen molar-refractivity contribution in [3.63, 3.8) is 0 Å². The molecule has 2 rings (SSSR count). The molecule has 1 fully saturated rings. The average Bonchev–Trinajstić information content (AvgIpc) is 3.00. The SMILES string of the molecule is Nc1cc(C(=O)NCCS(N)(=O)=O)n(C2CC2)c1. The number of sulfonamides is 1. The molecule has 7 nitrogen and oxygen atoms in total. The summed E-state index contributed by atoms with van der Waals surface area (Å²) in [6, 6.07) is 1.92. The van der Waals surface area contributed by atoms with Crippen molar-refractivity contribution in [2.24, 2.45) is 5.14 Å². The molecule has 1 amide bonds. The summed E-state index contributed by atoms with van der Waals surface area (Å²) in [5.74, 6) is -0.611. The Labute approximate surface area is 105 Å². The summed E-state index contributed by atoms with van der Waals surface area (Å²) in [7, 11) is -3.56. The van der Waals surface area contributed by atoms with E-state index >= 15 is 0 Å². The first-order valence-electron chi connectivity index (χ1n) is 5.63. The van der Waals surface area contributed by atoms with Gasteiger partial charge in [-0.1, -0.05) is 0 Å². The zero-order valence-electron chi connectivity index (χ0n) is 9.80. The molecule has 1 aromatic rings. The van der Waals surface area contributed by atoms with Gasteiger partial charge in [-0.3, -0.25) is 4.79 Å². The van der Waals surface area contributed by atoms with Gasteiger partial charge in [-0.2, -0.15) is 0 Å². The van der Waals surface area contributed by atoms with Crippen LogP contribution in [0.3, 0.4) is 0 Å². The topological polar surface area (TPSA) is 120 Å². The fraction of sp³-hybridized carbons (Fsp3) is 0.500. The van der Waals surface area contributed by atoms with Crippen LogP contribution in [0.25, 0.3) is 0 Å². The van der Waals surface area contributed by atoms with Crippen molar-refractivity contribution in [1.82, 2.24) is 9.88 Å². The van der Waals surface area contributed by atoms with E-state index in [-0.39, 0.29) is 18.2 Å². The number of nitrogen functional groups attached to an aromatic ring is 1. The molecule has 0 aliphatic heterocycles. The molecule has 18 heavy (non-hydrogen) atoms. The van der Waals surface area contributed by atoms with Crippen molar-refractivity contribution in [1.29, 1.82) is 0 Å². The van der Waals surface area contributed by atoms with Crippen LogP contribution in [0.2, 0.25) is 0 Å². The Morgan fingerprint density at radius 1 is 1.50 bits per heavy atom. The maximum absolute atomic E-state index is 11.9. The second-order valence-corrected chi connectivity index (χ2v) is 6.15. The molecular weight excluding hydrogens is 256 g/mol. The molecule has 1 aliphatic carbocycles. The number of primary sulfonamides is 1. The lowest BCUT2D eigenvalue weighted by Crippen LogP contribution is -2.32. The van der Waals surface area contributed by atoms with Gasteiger partial charge in [0.2, 0.25) is 10.0 Å². The van der Waals surface area contributed by atoms with Crippen molar-refractivity contribution in [3.05, 3.63) is 18.0 Å². The number of carbonyl (C=O) groups is 1. The third-order valence-electron chi connectivity index (χ3n) is 2.71. The Morgan fingerprint density at radius 2 is 2.17 bits per heavy atom. The summed E-state index contributed by atoms with van der Waals surface area (Å²) in [5.41, 5.74) is 6.65. The number of nitrogens with two attached hydrogens (primary N) is 2. The molecule has 0 bridgehead atoms. The summed E-state index contributed by atoms with van der Waals surface area (Å²) < 4.78 is 23.3. The lowest BCUT2D eigenvalue weighted by Gasteiger charge is -2.07. The lowest BCUT2D eigenvalue weighted by atomic mass is 10.3. The largest absolute Gasteiger partial charge is 0.397 e. The molecule has 1 saturated carbocycles. The predicted octanol–water partition coefficient (Wildman–Crippen LogP) is -0.576. The number of hydrogen-bond acceptors (Lipinski definition) is 4. The highest BCUT2D eigenvalue weighted by Gasteiger charge is 2.27. The van der Waals surface area contributed by atoms with Gasteiger partial charge in [0.1, 0.15) is 5.69 Å². The summed E-state index contributed by atoms with van der Waals surface area (Å²) in [4.78, 5) is 11.9. The minimum Gasteiger partial charge on any atom is -0.397 e. The number of nitrogens with zero attached hydrogens (tertiary/aromatic N) is 1. The second-order valence-electron chi connectivity index (χ2n) is 4.42. The van der Waals surface area contributed by atoms with E-state index in [0.717, 1.165) is 12.8 Å². The van der Waals surface area contributed by atoms with Crippen LogP contribution in [0.15, 0.2) is 12.3 Å². The van der Waals surface area contributed by atoms with Gasteiger partial charge in [-0.15, -0.1) is 0 Å². The van der Waals surface area contributed by atoms with Gasteiger partial charge >= 0.3 is 0 Å². The molecule has 1 aromatic heterocycles. The molecule has 0 unspecified atom stereocenters. The quantitative estimate of drug-likeness (QED) is 0.664. The molecule has 0 atom stereocenters. The van der Waals surface area contributed by atoms with E-state index in [4.69, 9.17) is 10.9 Å². The number of hydrogen-bond donors (Lipinski definition) is 3. The highest BCUT2D eigenvalue weighted by molar-refractivity contribution is 7.89.